The van der Waals surface area contributed by atoms with E-state index >= 15 is 0 Å². The van der Waals surface area contributed by atoms with Crippen LogP contribution < -0.4 is 10.1 Å². The van der Waals surface area contributed by atoms with Crippen molar-refractivity contribution in [2.24, 2.45) is 10.9 Å². The van der Waals surface area contributed by atoms with Crippen molar-refractivity contribution in [3.8, 4) is 5.75 Å². The average molecular weight is 361 g/mol. The first-order valence-electron chi connectivity index (χ1n) is 9.39. The van der Waals surface area contributed by atoms with E-state index < -0.39 is 0 Å². The van der Waals surface area contributed by atoms with Crippen LogP contribution in [0, 0.1) is 12.8 Å². The average Bonchev–Trinajstić information content (AvgIpc) is 2.65. The summed E-state index contributed by atoms with van der Waals surface area (Å²) in [6.07, 6.45) is 1.62. The predicted octanol–water partition coefficient (Wildman–Crippen LogP) is 2.61. The molecule has 0 spiro atoms. The summed E-state index contributed by atoms with van der Waals surface area (Å²) < 4.78 is 11.1. The monoisotopic (exact) mass is 361 g/mol. The minimum Gasteiger partial charge on any atom is -0.489 e. The van der Waals surface area contributed by atoms with Gasteiger partial charge in [-0.1, -0.05) is 18.2 Å². The molecule has 1 aromatic rings. The van der Waals surface area contributed by atoms with E-state index in [9.17, 15) is 4.79 Å². The lowest BCUT2D eigenvalue weighted by atomic mass is 9.97. The highest BCUT2D eigenvalue weighted by atomic mass is 16.5. The van der Waals surface area contributed by atoms with Crippen LogP contribution in [0.15, 0.2) is 29.3 Å². The number of piperidine rings is 1. The van der Waals surface area contributed by atoms with Gasteiger partial charge in [0, 0.05) is 20.1 Å². The molecule has 0 amide bonds. The van der Waals surface area contributed by atoms with Crippen molar-refractivity contribution in [2.75, 3.05) is 33.3 Å². The number of hydrogen-bond acceptors (Lipinski definition) is 4. The molecular formula is C20H31N3O3. The van der Waals surface area contributed by atoms with Crippen LogP contribution in [-0.2, 0) is 9.53 Å². The van der Waals surface area contributed by atoms with Crippen molar-refractivity contribution >= 4 is 11.9 Å². The Morgan fingerprint density at radius 2 is 2.04 bits per heavy atom. The second-order valence-corrected chi connectivity index (χ2v) is 6.64. The Hall–Kier alpha value is -2.24. The summed E-state index contributed by atoms with van der Waals surface area (Å²) in [6, 6.07) is 8.02. The largest absolute Gasteiger partial charge is 0.489 e. The van der Waals surface area contributed by atoms with E-state index in [2.05, 4.69) is 15.2 Å². The Balaban J connectivity index is 1.79. The number of ether oxygens (including phenoxy) is 2. The fourth-order valence-corrected chi connectivity index (χ4v) is 3.10. The van der Waals surface area contributed by atoms with Crippen LogP contribution in [-0.4, -0.2) is 56.2 Å². The molecule has 0 radical (unpaired) electrons. The summed E-state index contributed by atoms with van der Waals surface area (Å²) in [5, 5.41) is 3.38. The third-order valence-corrected chi connectivity index (χ3v) is 4.60. The number of benzene rings is 1. The molecule has 1 aliphatic rings. The Morgan fingerprint density at radius 3 is 2.65 bits per heavy atom. The predicted molar refractivity (Wildman–Crippen MR) is 104 cm³/mol. The van der Waals surface area contributed by atoms with Crippen molar-refractivity contribution in [3.63, 3.8) is 0 Å². The van der Waals surface area contributed by atoms with Crippen LogP contribution in [0.4, 0.5) is 0 Å². The second-order valence-electron chi connectivity index (χ2n) is 6.64. The summed E-state index contributed by atoms with van der Waals surface area (Å²) in [4.78, 5) is 18.4. The van der Waals surface area contributed by atoms with E-state index in [1.54, 1.807) is 7.05 Å². The molecular weight excluding hydrogens is 330 g/mol. The molecule has 0 aliphatic carbocycles. The first-order valence-corrected chi connectivity index (χ1v) is 9.39. The highest BCUT2D eigenvalue weighted by Gasteiger charge is 2.27. The van der Waals surface area contributed by atoms with Crippen LogP contribution in [0.1, 0.15) is 32.3 Å². The van der Waals surface area contributed by atoms with Gasteiger partial charge in [0.2, 0.25) is 0 Å². The molecule has 1 atom stereocenters. The van der Waals surface area contributed by atoms with E-state index in [-0.39, 0.29) is 18.0 Å². The van der Waals surface area contributed by atoms with E-state index in [1.807, 2.05) is 45.0 Å². The van der Waals surface area contributed by atoms with E-state index in [0.29, 0.717) is 13.2 Å². The Kier molecular flexibility index (Phi) is 7.75. The maximum Gasteiger partial charge on any atom is 0.309 e. The summed E-state index contributed by atoms with van der Waals surface area (Å²) in [7, 11) is 1.78. The van der Waals surface area contributed by atoms with Crippen LogP contribution in [0.5, 0.6) is 5.75 Å². The zero-order valence-corrected chi connectivity index (χ0v) is 16.3. The number of hydrogen-bond donors (Lipinski definition) is 1. The third kappa shape index (κ3) is 5.64. The van der Waals surface area contributed by atoms with Crippen LogP contribution in [0.3, 0.4) is 0 Å². The molecule has 1 heterocycles. The summed E-state index contributed by atoms with van der Waals surface area (Å²) in [5.74, 6) is 1.70. The quantitative estimate of drug-likeness (QED) is 0.479. The molecule has 0 aromatic heterocycles. The van der Waals surface area contributed by atoms with Gasteiger partial charge in [-0.05, 0) is 45.2 Å². The Morgan fingerprint density at radius 1 is 1.35 bits per heavy atom. The van der Waals surface area contributed by atoms with Crippen molar-refractivity contribution in [1.29, 1.82) is 0 Å². The van der Waals surface area contributed by atoms with E-state index in [1.165, 1.54) is 0 Å². The standard InChI is InChI=1S/C20H31N3O3/c1-5-25-19(24)17-10-12-23(13-11-17)20(21-4)22-14-16(3)26-18-9-7-6-8-15(18)2/h6-9,16-17H,5,10-14H2,1-4H3,(H,21,22). The molecule has 1 unspecified atom stereocenters. The Labute approximate surface area is 156 Å². The molecule has 26 heavy (non-hydrogen) atoms. The van der Waals surface area contributed by atoms with Gasteiger partial charge in [-0.25, -0.2) is 0 Å². The number of guanidine groups is 1. The molecule has 1 N–H and O–H groups in total. The van der Waals surface area contributed by atoms with Crippen LogP contribution in [0.25, 0.3) is 0 Å². The number of rotatable bonds is 6. The maximum absolute atomic E-state index is 11.9. The number of nitrogens with one attached hydrogen (secondary N) is 1. The molecule has 0 bridgehead atoms. The number of nitrogens with zero attached hydrogens (tertiary/aromatic N) is 2. The number of carbonyl (C=O) groups is 1. The normalized spacial score (nSPS) is 16.9. The fourth-order valence-electron chi connectivity index (χ4n) is 3.10. The first-order chi connectivity index (χ1) is 12.5. The van der Waals surface area contributed by atoms with Gasteiger partial charge in [0.05, 0.1) is 19.1 Å². The molecule has 144 valence electrons. The van der Waals surface area contributed by atoms with Crippen molar-refractivity contribution < 1.29 is 14.3 Å². The number of esters is 1. The zero-order chi connectivity index (χ0) is 18.9. The topological polar surface area (TPSA) is 63.2 Å². The number of aliphatic imine (C=N–C) groups is 1. The first kappa shape index (κ1) is 20.1. The lowest BCUT2D eigenvalue weighted by Crippen LogP contribution is -2.48. The van der Waals surface area contributed by atoms with Crippen molar-refractivity contribution in [3.05, 3.63) is 29.8 Å². The van der Waals surface area contributed by atoms with Crippen molar-refractivity contribution in [1.82, 2.24) is 10.2 Å². The molecule has 6 nitrogen and oxygen atoms in total. The van der Waals surface area contributed by atoms with Crippen LogP contribution >= 0.6 is 0 Å². The minimum atomic E-state index is -0.0738. The number of para-hydroxylation sites is 1. The summed E-state index contributed by atoms with van der Waals surface area (Å²) in [6.45, 7) is 8.65. The molecule has 1 fully saturated rings. The van der Waals surface area contributed by atoms with Crippen LogP contribution in [0.2, 0.25) is 0 Å². The summed E-state index contributed by atoms with van der Waals surface area (Å²) >= 11 is 0. The molecule has 1 aromatic carbocycles. The maximum atomic E-state index is 11.9. The van der Waals surface area contributed by atoms with Gasteiger partial charge in [-0.15, -0.1) is 0 Å². The molecule has 0 saturated carbocycles. The Bertz CT molecular complexity index is 610. The van der Waals surface area contributed by atoms with E-state index in [0.717, 1.165) is 43.2 Å². The number of aryl methyl sites for hydroxylation is 1. The lowest BCUT2D eigenvalue weighted by molar-refractivity contribution is -0.149. The second kappa shape index (κ2) is 10.0. The SMILES string of the molecule is CCOC(=O)C1CCN(C(=NC)NCC(C)Oc2ccccc2C)CC1. The molecule has 2 rings (SSSR count). The highest BCUT2D eigenvalue weighted by Crippen LogP contribution is 2.19. The number of likely N-dealkylation sites (tertiary alicyclic amines) is 1. The summed E-state index contributed by atoms with van der Waals surface area (Å²) in [5.41, 5.74) is 1.13. The molecule has 1 aliphatic heterocycles. The van der Waals surface area contributed by atoms with Gasteiger partial charge < -0.3 is 19.7 Å². The van der Waals surface area contributed by atoms with Gasteiger partial charge in [-0.2, -0.15) is 0 Å². The van der Waals surface area contributed by atoms with Crippen molar-refractivity contribution in [2.45, 2.75) is 39.7 Å². The van der Waals surface area contributed by atoms with Gasteiger partial charge in [0.25, 0.3) is 0 Å². The smallest absolute Gasteiger partial charge is 0.309 e. The van der Waals surface area contributed by atoms with Gasteiger partial charge >= 0.3 is 5.97 Å². The van der Waals surface area contributed by atoms with Gasteiger partial charge in [-0.3, -0.25) is 9.79 Å². The lowest BCUT2D eigenvalue weighted by Gasteiger charge is -2.33. The third-order valence-electron chi connectivity index (χ3n) is 4.60. The minimum absolute atomic E-state index is 0.00705. The zero-order valence-electron chi connectivity index (χ0n) is 16.3. The van der Waals surface area contributed by atoms with Gasteiger partial charge in [0.1, 0.15) is 11.9 Å². The van der Waals surface area contributed by atoms with Gasteiger partial charge in [0.15, 0.2) is 5.96 Å². The number of carbonyl (C=O) groups excluding carboxylic acids is 1. The molecule has 1 saturated heterocycles. The fraction of sp³-hybridized carbons (Fsp3) is 0.600. The molecule has 6 heteroatoms. The highest BCUT2D eigenvalue weighted by molar-refractivity contribution is 5.80. The van der Waals surface area contributed by atoms with E-state index in [4.69, 9.17) is 9.47 Å².